The molecule has 0 aromatic rings. The third-order valence-corrected chi connectivity index (χ3v) is 4.34. The van der Waals surface area contributed by atoms with Gasteiger partial charge >= 0.3 is 5.97 Å². The monoisotopic (exact) mass is 312 g/mol. The Bertz CT molecular complexity index is 263. The maximum Gasteiger partial charge on any atom is 0.303 e. The van der Waals surface area contributed by atoms with Crippen LogP contribution in [0.25, 0.3) is 0 Å². The van der Waals surface area contributed by atoms with Crippen molar-refractivity contribution >= 4 is 12.3 Å². The van der Waals surface area contributed by atoms with Gasteiger partial charge in [-0.1, -0.05) is 77.6 Å². The van der Waals surface area contributed by atoms with Crippen LogP contribution in [-0.4, -0.2) is 17.4 Å². The predicted molar refractivity (Wildman–Crippen MR) is 92.1 cm³/mol. The van der Waals surface area contributed by atoms with Crippen molar-refractivity contribution in [1.29, 1.82) is 0 Å². The first-order chi connectivity index (χ1) is 10.7. The number of carbonyl (C=O) groups is 2. The lowest BCUT2D eigenvalue weighted by Gasteiger charge is -2.10. The van der Waals surface area contributed by atoms with Crippen LogP contribution < -0.4 is 0 Å². The summed E-state index contributed by atoms with van der Waals surface area (Å²) >= 11 is 0. The van der Waals surface area contributed by atoms with Gasteiger partial charge in [-0.15, -0.1) is 0 Å². The van der Waals surface area contributed by atoms with Crippen LogP contribution >= 0.6 is 0 Å². The van der Waals surface area contributed by atoms with Gasteiger partial charge in [0.2, 0.25) is 0 Å². The number of aliphatic carboxylic acids is 1. The van der Waals surface area contributed by atoms with E-state index in [-0.39, 0.29) is 12.3 Å². The highest BCUT2D eigenvalue weighted by Gasteiger charge is 2.06. The largest absolute Gasteiger partial charge is 0.481 e. The summed E-state index contributed by atoms with van der Waals surface area (Å²) in [6, 6.07) is 0. The maximum atomic E-state index is 11.1. The second-order valence-electron chi connectivity index (χ2n) is 6.51. The molecule has 3 heteroatoms. The minimum Gasteiger partial charge on any atom is -0.481 e. The lowest BCUT2D eigenvalue weighted by atomic mass is 9.95. The van der Waals surface area contributed by atoms with Crippen molar-refractivity contribution in [3.8, 4) is 0 Å². The Kier molecular flexibility index (Phi) is 15.9. The molecule has 130 valence electrons. The smallest absolute Gasteiger partial charge is 0.303 e. The van der Waals surface area contributed by atoms with Gasteiger partial charge in [0.15, 0.2) is 0 Å². The molecule has 0 aliphatic carbocycles. The Morgan fingerprint density at radius 1 is 0.818 bits per heavy atom. The molecular weight excluding hydrogens is 276 g/mol. The van der Waals surface area contributed by atoms with Crippen LogP contribution in [0, 0.1) is 5.92 Å². The fourth-order valence-corrected chi connectivity index (χ4v) is 2.86. The maximum absolute atomic E-state index is 11.1. The van der Waals surface area contributed by atoms with Crippen molar-refractivity contribution in [3.05, 3.63) is 0 Å². The third-order valence-electron chi connectivity index (χ3n) is 4.34. The molecule has 0 bridgehead atoms. The summed E-state index contributed by atoms with van der Waals surface area (Å²) in [6.07, 6.45) is 17.7. The molecule has 0 aliphatic rings. The minimum atomic E-state index is -0.698. The van der Waals surface area contributed by atoms with E-state index in [1.54, 1.807) is 0 Å². The van der Waals surface area contributed by atoms with Crippen LogP contribution in [0.5, 0.6) is 0 Å². The Labute approximate surface area is 136 Å². The van der Waals surface area contributed by atoms with E-state index < -0.39 is 5.97 Å². The fourth-order valence-electron chi connectivity index (χ4n) is 2.86. The average molecular weight is 312 g/mol. The van der Waals surface area contributed by atoms with Crippen molar-refractivity contribution in [2.45, 2.75) is 103 Å². The van der Waals surface area contributed by atoms with Crippen molar-refractivity contribution in [1.82, 2.24) is 0 Å². The van der Waals surface area contributed by atoms with Crippen molar-refractivity contribution < 1.29 is 14.7 Å². The highest BCUT2D eigenvalue weighted by molar-refractivity contribution is 5.66. The van der Waals surface area contributed by atoms with Gasteiger partial charge < -0.3 is 9.90 Å². The molecule has 1 N–H and O–H groups in total. The molecule has 0 spiro atoms. The molecule has 0 aromatic carbocycles. The molecular formula is C19H36O3. The van der Waals surface area contributed by atoms with Gasteiger partial charge in [-0.3, -0.25) is 4.79 Å². The van der Waals surface area contributed by atoms with E-state index in [1.165, 1.54) is 44.9 Å². The van der Waals surface area contributed by atoms with E-state index in [1.807, 2.05) is 0 Å². The van der Waals surface area contributed by atoms with Crippen LogP contribution in [0.3, 0.4) is 0 Å². The van der Waals surface area contributed by atoms with Gasteiger partial charge in [-0.25, -0.2) is 0 Å². The molecule has 0 saturated carbocycles. The van der Waals surface area contributed by atoms with Gasteiger partial charge in [-0.2, -0.15) is 0 Å². The van der Waals surface area contributed by atoms with Crippen molar-refractivity contribution in [3.63, 3.8) is 0 Å². The Morgan fingerprint density at radius 3 is 1.73 bits per heavy atom. The van der Waals surface area contributed by atoms with Gasteiger partial charge in [0, 0.05) is 12.3 Å². The first-order valence-corrected chi connectivity index (χ1v) is 9.37. The molecule has 1 unspecified atom stereocenters. The standard InChI is InChI=1S/C19H36O3/c1-2-3-4-5-6-8-11-14-18(17-20)15-12-9-7-10-13-16-19(21)22/h17-18H,2-16H2,1H3,(H,21,22). The molecule has 1 atom stereocenters. The second-order valence-corrected chi connectivity index (χ2v) is 6.51. The fraction of sp³-hybridized carbons (Fsp3) is 0.895. The summed E-state index contributed by atoms with van der Waals surface area (Å²) in [5.74, 6) is -0.453. The molecule has 0 aromatic heterocycles. The van der Waals surface area contributed by atoms with E-state index in [4.69, 9.17) is 5.11 Å². The second kappa shape index (κ2) is 16.5. The SMILES string of the molecule is CCCCCCCCCC(C=O)CCCCCCCC(=O)O. The normalized spacial score (nSPS) is 12.2. The van der Waals surface area contributed by atoms with E-state index in [0.717, 1.165) is 51.2 Å². The summed E-state index contributed by atoms with van der Waals surface area (Å²) in [5.41, 5.74) is 0. The highest BCUT2D eigenvalue weighted by atomic mass is 16.4. The van der Waals surface area contributed by atoms with Gasteiger partial charge in [0.1, 0.15) is 6.29 Å². The quantitative estimate of drug-likeness (QED) is 0.274. The number of carboxylic acids is 1. The lowest BCUT2D eigenvalue weighted by molar-refractivity contribution is -0.137. The number of hydrogen-bond donors (Lipinski definition) is 1. The van der Waals surface area contributed by atoms with E-state index in [2.05, 4.69) is 6.92 Å². The van der Waals surface area contributed by atoms with Gasteiger partial charge in [0.05, 0.1) is 0 Å². The number of rotatable bonds is 17. The predicted octanol–water partition coefficient (Wildman–Crippen LogP) is 5.76. The number of carbonyl (C=O) groups excluding carboxylic acids is 1. The summed E-state index contributed by atoms with van der Waals surface area (Å²) < 4.78 is 0. The summed E-state index contributed by atoms with van der Waals surface area (Å²) in [7, 11) is 0. The molecule has 0 aliphatic heterocycles. The van der Waals surface area contributed by atoms with Crippen LogP contribution in [0.15, 0.2) is 0 Å². The summed E-state index contributed by atoms with van der Waals surface area (Å²) in [6.45, 7) is 2.24. The zero-order valence-electron chi connectivity index (χ0n) is 14.5. The molecule has 22 heavy (non-hydrogen) atoms. The Balaban J connectivity index is 3.36. The molecule has 0 heterocycles. The van der Waals surface area contributed by atoms with Crippen LogP contribution in [0.2, 0.25) is 0 Å². The van der Waals surface area contributed by atoms with Crippen LogP contribution in [-0.2, 0) is 9.59 Å². The van der Waals surface area contributed by atoms with Gasteiger partial charge in [-0.05, 0) is 19.3 Å². The van der Waals surface area contributed by atoms with E-state index >= 15 is 0 Å². The lowest BCUT2D eigenvalue weighted by Crippen LogP contribution is -2.02. The van der Waals surface area contributed by atoms with E-state index in [9.17, 15) is 9.59 Å². The molecule has 3 nitrogen and oxygen atoms in total. The molecule has 0 saturated heterocycles. The molecule has 0 amide bonds. The average Bonchev–Trinajstić information content (AvgIpc) is 2.50. The van der Waals surface area contributed by atoms with Crippen LogP contribution in [0.4, 0.5) is 0 Å². The minimum absolute atomic E-state index is 0.245. The molecule has 0 radical (unpaired) electrons. The first-order valence-electron chi connectivity index (χ1n) is 9.37. The summed E-state index contributed by atoms with van der Waals surface area (Å²) in [4.78, 5) is 21.5. The Hall–Kier alpha value is -0.860. The van der Waals surface area contributed by atoms with Crippen LogP contribution in [0.1, 0.15) is 103 Å². The third kappa shape index (κ3) is 15.5. The Morgan fingerprint density at radius 2 is 1.27 bits per heavy atom. The zero-order chi connectivity index (χ0) is 16.5. The first kappa shape index (κ1) is 21.1. The number of unbranched alkanes of at least 4 members (excludes halogenated alkanes) is 10. The number of carboxylic acid groups (broad SMARTS) is 1. The summed E-state index contributed by atoms with van der Waals surface area (Å²) in [5, 5.41) is 8.55. The number of hydrogen-bond acceptors (Lipinski definition) is 2. The highest BCUT2D eigenvalue weighted by Crippen LogP contribution is 2.17. The molecule has 0 rings (SSSR count). The topological polar surface area (TPSA) is 54.4 Å². The van der Waals surface area contributed by atoms with E-state index in [0.29, 0.717) is 0 Å². The van der Waals surface area contributed by atoms with Gasteiger partial charge in [0.25, 0.3) is 0 Å². The van der Waals surface area contributed by atoms with Crippen molar-refractivity contribution in [2.75, 3.05) is 0 Å². The number of aldehydes is 1. The zero-order valence-corrected chi connectivity index (χ0v) is 14.5. The molecule has 0 fully saturated rings. The van der Waals surface area contributed by atoms with Crippen molar-refractivity contribution in [2.24, 2.45) is 5.92 Å².